The molecular weight excluding hydrogens is 475 g/mol. The molecule has 0 aliphatic carbocycles. The number of phenols is 1. The first-order valence-corrected chi connectivity index (χ1v) is 9.28. The van der Waals surface area contributed by atoms with Crippen molar-refractivity contribution < 1.29 is 5.11 Å². The van der Waals surface area contributed by atoms with Crippen molar-refractivity contribution >= 4 is 47.2 Å². The number of nitrogens with one attached hydrogen (secondary N) is 1. The standard InChI is InChI=1S/C20H25ClN4O.HI/c1-22-20(23-11-10-16-6-8-17(21)9-7-16)25-14-12-24(13-15-25)18-4-2-3-5-19(18)26;/h2-9,26H,10-15H2,1H3,(H,22,23);1H. The Labute approximate surface area is 183 Å². The fraction of sp³-hybridized carbons (Fsp3) is 0.350. The van der Waals surface area contributed by atoms with E-state index < -0.39 is 0 Å². The van der Waals surface area contributed by atoms with E-state index in [0.29, 0.717) is 5.75 Å². The molecule has 0 amide bonds. The lowest BCUT2D eigenvalue weighted by atomic mass is 10.1. The number of hydrogen-bond donors (Lipinski definition) is 2. The summed E-state index contributed by atoms with van der Waals surface area (Å²) < 4.78 is 0. The fourth-order valence-electron chi connectivity index (χ4n) is 3.19. The second-order valence-electron chi connectivity index (χ2n) is 6.31. The van der Waals surface area contributed by atoms with Crippen LogP contribution in [0.2, 0.25) is 5.02 Å². The number of aliphatic imine (C=N–C) groups is 1. The average molecular weight is 501 g/mol. The minimum atomic E-state index is 0. The molecule has 5 nitrogen and oxygen atoms in total. The van der Waals surface area contributed by atoms with E-state index in [0.717, 1.165) is 55.8 Å². The quantitative estimate of drug-likeness (QED) is 0.383. The number of piperazine rings is 1. The molecule has 1 fully saturated rings. The molecule has 7 heteroatoms. The molecule has 146 valence electrons. The number of nitrogens with zero attached hydrogens (tertiary/aromatic N) is 3. The Bertz CT molecular complexity index is 746. The molecule has 0 unspecified atom stereocenters. The van der Waals surface area contributed by atoms with Crippen LogP contribution < -0.4 is 10.2 Å². The van der Waals surface area contributed by atoms with E-state index in [4.69, 9.17) is 11.6 Å². The maximum atomic E-state index is 10.0. The van der Waals surface area contributed by atoms with Crippen LogP contribution in [0.25, 0.3) is 0 Å². The maximum Gasteiger partial charge on any atom is 0.193 e. The van der Waals surface area contributed by atoms with Gasteiger partial charge in [-0.05, 0) is 36.2 Å². The van der Waals surface area contributed by atoms with E-state index in [1.807, 2.05) is 37.4 Å². The molecule has 2 aromatic rings. The summed E-state index contributed by atoms with van der Waals surface area (Å²) in [6.45, 7) is 4.28. The molecule has 1 heterocycles. The van der Waals surface area contributed by atoms with Crippen molar-refractivity contribution in [2.75, 3.05) is 44.7 Å². The molecule has 3 rings (SSSR count). The Morgan fingerprint density at radius 3 is 2.37 bits per heavy atom. The number of rotatable bonds is 4. The Balaban J connectivity index is 0.00000261. The molecule has 1 saturated heterocycles. The molecular formula is C20H26ClIN4O. The van der Waals surface area contributed by atoms with Crippen LogP contribution in [0, 0.1) is 0 Å². The Kier molecular flexibility index (Phi) is 8.50. The Morgan fingerprint density at radius 1 is 1.07 bits per heavy atom. The fourth-order valence-corrected chi connectivity index (χ4v) is 3.32. The molecule has 2 N–H and O–H groups in total. The summed E-state index contributed by atoms with van der Waals surface area (Å²) in [5, 5.41) is 14.2. The predicted molar refractivity (Wildman–Crippen MR) is 124 cm³/mol. The van der Waals surface area contributed by atoms with Gasteiger partial charge in [0, 0.05) is 44.8 Å². The third kappa shape index (κ3) is 5.90. The highest BCUT2D eigenvalue weighted by Crippen LogP contribution is 2.27. The number of para-hydroxylation sites is 2. The monoisotopic (exact) mass is 500 g/mol. The largest absolute Gasteiger partial charge is 0.506 e. The van der Waals surface area contributed by atoms with Crippen molar-refractivity contribution in [3.05, 3.63) is 59.1 Å². The van der Waals surface area contributed by atoms with Crippen molar-refractivity contribution in [2.24, 2.45) is 4.99 Å². The third-order valence-corrected chi connectivity index (χ3v) is 4.88. The number of guanidine groups is 1. The van der Waals surface area contributed by atoms with Gasteiger partial charge >= 0.3 is 0 Å². The minimum Gasteiger partial charge on any atom is -0.506 e. The van der Waals surface area contributed by atoms with Crippen LogP contribution in [0.4, 0.5) is 5.69 Å². The lowest BCUT2D eigenvalue weighted by Gasteiger charge is -2.37. The highest BCUT2D eigenvalue weighted by Gasteiger charge is 2.21. The number of halogens is 2. The Hall–Kier alpha value is -1.67. The summed E-state index contributed by atoms with van der Waals surface area (Å²) in [5.41, 5.74) is 2.15. The zero-order valence-electron chi connectivity index (χ0n) is 15.4. The first-order chi connectivity index (χ1) is 12.7. The lowest BCUT2D eigenvalue weighted by molar-refractivity contribution is 0.370. The lowest BCUT2D eigenvalue weighted by Crippen LogP contribution is -2.52. The summed E-state index contributed by atoms with van der Waals surface area (Å²) in [7, 11) is 1.82. The maximum absolute atomic E-state index is 10.0. The topological polar surface area (TPSA) is 51.1 Å². The molecule has 0 bridgehead atoms. The van der Waals surface area contributed by atoms with Crippen LogP contribution in [0.5, 0.6) is 5.75 Å². The van der Waals surface area contributed by atoms with Crippen molar-refractivity contribution in [3.63, 3.8) is 0 Å². The van der Waals surface area contributed by atoms with Crippen molar-refractivity contribution in [3.8, 4) is 5.75 Å². The van der Waals surface area contributed by atoms with Crippen LogP contribution in [0.3, 0.4) is 0 Å². The van der Waals surface area contributed by atoms with E-state index in [9.17, 15) is 5.11 Å². The van der Waals surface area contributed by atoms with Crippen LogP contribution in [-0.2, 0) is 6.42 Å². The molecule has 1 aliphatic rings. The van der Waals surface area contributed by atoms with Gasteiger partial charge in [0.05, 0.1) is 5.69 Å². The summed E-state index contributed by atoms with van der Waals surface area (Å²) in [6, 6.07) is 15.5. The van der Waals surface area contributed by atoms with E-state index in [2.05, 4.69) is 32.2 Å². The molecule has 1 aliphatic heterocycles. The molecule has 0 aromatic heterocycles. The third-order valence-electron chi connectivity index (χ3n) is 4.62. The van der Waals surface area contributed by atoms with E-state index in [1.165, 1.54) is 5.56 Å². The SMILES string of the molecule is CN=C(NCCc1ccc(Cl)cc1)N1CCN(c2ccccc2O)CC1.I. The Morgan fingerprint density at radius 2 is 1.74 bits per heavy atom. The van der Waals surface area contributed by atoms with Gasteiger partial charge in [-0.25, -0.2) is 0 Å². The second kappa shape index (κ2) is 10.6. The van der Waals surface area contributed by atoms with Crippen LogP contribution in [0.1, 0.15) is 5.56 Å². The number of benzene rings is 2. The van der Waals surface area contributed by atoms with Crippen molar-refractivity contribution in [1.82, 2.24) is 10.2 Å². The smallest absolute Gasteiger partial charge is 0.193 e. The van der Waals surface area contributed by atoms with Gasteiger partial charge in [0.25, 0.3) is 0 Å². The highest BCUT2D eigenvalue weighted by molar-refractivity contribution is 14.0. The van der Waals surface area contributed by atoms with Crippen LogP contribution >= 0.6 is 35.6 Å². The van der Waals surface area contributed by atoms with Gasteiger partial charge in [-0.2, -0.15) is 0 Å². The first-order valence-electron chi connectivity index (χ1n) is 8.90. The average Bonchev–Trinajstić information content (AvgIpc) is 2.67. The number of phenolic OH excluding ortho intramolecular Hbond substituents is 1. The van der Waals surface area contributed by atoms with Gasteiger partial charge < -0.3 is 20.2 Å². The minimum absolute atomic E-state index is 0. The molecule has 0 saturated carbocycles. The number of aromatic hydroxyl groups is 1. The zero-order chi connectivity index (χ0) is 18.4. The predicted octanol–water partition coefficient (Wildman–Crippen LogP) is 3.60. The van der Waals surface area contributed by atoms with Gasteiger partial charge in [0.2, 0.25) is 0 Å². The summed E-state index contributed by atoms with van der Waals surface area (Å²) in [6.07, 6.45) is 0.925. The van der Waals surface area contributed by atoms with E-state index >= 15 is 0 Å². The van der Waals surface area contributed by atoms with Crippen molar-refractivity contribution in [1.29, 1.82) is 0 Å². The van der Waals surface area contributed by atoms with Gasteiger partial charge in [-0.3, -0.25) is 4.99 Å². The van der Waals surface area contributed by atoms with Gasteiger partial charge in [-0.1, -0.05) is 35.9 Å². The first kappa shape index (κ1) is 21.6. The van der Waals surface area contributed by atoms with Crippen LogP contribution in [-0.4, -0.2) is 55.7 Å². The molecule has 0 spiro atoms. The summed E-state index contributed by atoms with van der Waals surface area (Å²) >= 11 is 5.92. The molecule has 27 heavy (non-hydrogen) atoms. The zero-order valence-corrected chi connectivity index (χ0v) is 18.5. The number of hydrogen-bond acceptors (Lipinski definition) is 3. The second-order valence-corrected chi connectivity index (χ2v) is 6.75. The van der Waals surface area contributed by atoms with E-state index in [1.54, 1.807) is 6.07 Å². The van der Waals surface area contributed by atoms with Crippen LogP contribution in [0.15, 0.2) is 53.5 Å². The molecule has 0 atom stereocenters. The van der Waals surface area contributed by atoms with E-state index in [-0.39, 0.29) is 24.0 Å². The van der Waals surface area contributed by atoms with Crippen molar-refractivity contribution in [2.45, 2.75) is 6.42 Å². The molecule has 2 aromatic carbocycles. The van der Waals surface area contributed by atoms with Gasteiger partial charge in [-0.15, -0.1) is 24.0 Å². The normalized spacial score (nSPS) is 14.7. The molecule has 0 radical (unpaired) electrons. The van der Waals surface area contributed by atoms with Gasteiger partial charge in [0.1, 0.15) is 5.75 Å². The number of anilines is 1. The highest BCUT2D eigenvalue weighted by atomic mass is 127. The summed E-state index contributed by atoms with van der Waals surface area (Å²) in [4.78, 5) is 8.89. The summed E-state index contributed by atoms with van der Waals surface area (Å²) in [5.74, 6) is 1.27. The van der Waals surface area contributed by atoms with Gasteiger partial charge in [0.15, 0.2) is 5.96 Å².